The number of benzene rings is 1. The molecule has 0 fully saturated rings. The number of rotatable bonds is 8. The highest BCUT2D eigenvalue weighted by atomic mass is 35.5. The summed E-state index contributed by atoms with van der Waals surface area (Å²) in [6.45, 7) is 9.60. The minimum absolute atomic E-state index is 0.0981. The van der Waals surface area contributed by atoms with Crippen LogP contribution in [0, 0.1) is 11.8 Å². The van der Waals surface area contributed by atoms with E-state index in [0.29, 0.717) is 19.1 Å². The van der Waals surface area contributed by atoms with E-state index in [1.165, 1.54) is 0 Å². The summed E-state index contributed by atoms with van der Waals surface area (Å²) in [7, 11) is 0. The third kappa shape index (κ3) is 4.87. The van der Waals surface area contributed by atoms with E-state index in [9.17, 15) is 5.11 Å². The fourth-order valence-corrected chi connectivity index (χ4v) is 2.82. The number of aliphatic hydroxyl groups is 1. The second kappa shape index (κ2) is 8.62. The first kappa shape index (κ1) is 18.3. The summed E-state index contributed by atoms with van der Waals surface area (Å²) >= 11 is 6.27. The molecular weight excluding hydrogens is 286 g/mol. The monoisotopic (exact) mass is 313 g/mol. The lowest BCUT2D eigenvalue weighted by Gasteiger charge is -2.23. The normalized spacial score (nSPS) is 14.3. The fourth-order valence-electron chi connectivity index (χ4n) is 2.57. The van der Waals surface area contributed by atoms with Crippen LogP contribution in [0.3, 0.4) is 0 Å². The summed E-state index contributed by atoms with van der Waals surface area (Å²) < 4.78 is 5.88. The SMILES string of the molecule is CCOc1c(CC(C)C(CN)CO)cc(Cl)cc1C(C)C. The summed E-state index contributed by atoms with van der Waals surface area (Å²) in [5.74, 6) is 1.67. The zero-order valence-electron chi connectivity index (χ0n) is 13.5. The van der Waals surface area contributed by atoms with Crippen molar-refractivity contribution in [3.63, 3.8) is 0 Å². The molecule has 3 nitrogen and oxygen atoms in total. The molecule has 1 rings (SSSR count). The topological polar surface area (TPSA) is 55.5 Å². The van der Waals surface area contributed by atoms with Crippen LogP contribution in [0.25, 0.3) is 0 Å². The van der Waals surface area contributed by atoms with Gasteiger partial charge in [-0.3, -0.25) is 0 Å². The van der Waals surface area contributed by atoms with Gasteiger partial charge in [0.05, 0.1) is 6.61 Å². The van der Waals surface area contributed by atoms with Crippen molar-refractivity contribution in [2.24, 2.45) is 17.6 Å². The Morgan fingerprint density at radius 2 is 1.95 bits per heavy atom. The van der Waals surface area contributed by atoms with E-state index in [4.69, 9.17) is 22.1 Å². The lowest BCUT2D eigenvalue weighted by molar-refractivity contribution is 0.186. The maximum Gasteiger partial charge on any atom is 0.126 e. The summed E-state index contributed by atoms with van der Waals surface area (Å²) in [6, 6.07) is 3.96. The lowest BCUT2D eigenvalue weighted by Crippen LogP contribution is -2.26. The molecule has 21 heavy (non-hydrogen) atoms. The van der Waals surface area contributed by atoms with Gasteiger partial charge in [-0.15, -0.1) is 0 Å². The van der Waals surface area contributed by atoms with Crippen molar-refractivity contribution in [2.75, 3.05) is 19.8 Å². The van der Waals surface area contributed by atoms with Crippen LogP contribution in [0.1, 0.15) is 44.7 Å². The van der Waals surface area contributed by atoms with E-state index >= 15 is 0 Å². The molecule has 0 saturated heterocycles. The maximum atomic E-state index is 9.41. The van der Waals surface area contributed by atoms with E-state index in [-0.39, 0.29) is 18.4 Å². The van der Waals surface area contributed by atoms with E-state index < -0.39 is 0 Å². The van der Waals surface area contributed by atoms with E-state index in [2.05, 4.69) is 20.8 Å². The van der Waals surface area contributed by atoms with Gasteiger partial charge in [-0.05, 0) is 60.9 Å². The first-order valence-corrected chi connectivity index (χ1v) is 8.08. The Balaban J connectivity index is 3.15. The second-order valence-corrected chi connectivity index (χ2v) is 6.37. The molecular formula is C17H28ClNO2. The Labute approximate surface area is 133 Å². The summed E-state index contributed by atoms with van der Waals surface area (Å²) in [6.07, 6.45) is 0.804. The average Bonchev–Trinajstić information content (AvgIpc) is 2.42. The summed E-state index contributed by atoms with van der Waals surface area (Å²) in [5.41, 5.74) is 7.97. The highest BCUT2D eigenvalue weighted by Crippen LogP contribution is 2.35. The number of nitrogens with two attached hydrogens (primary N) is 1. The Morgan fingerprint density at radius 1 is 1.29 bits per heavy atom. The molecule has 3 N–H and O–H groups in total. The molecule has 1 aromatic carbocycles. The van der Waals surface area contributed by atoms with Crippen LogP contribution < -0.4 is 10.5 Å². The molecule has 0 bridgehead atoms. The van der Waals surface area contributed by atoms with Gasteiger partial charge < -0.3 is 15.6 Å². The van der Waals surface area contributed by atoms with Gasteiger partial charge in [0.25, 0.3) is 0 Å². The van der Waals surface area contributed by atoms with Crippen molar-refractivity contribution in [3.8, 4) is 5.75 Å². The van der Waals surface area contributed by atoms with Gasteiger partial charge in [0, 0.05) is 11.6 Å². The van der Waals surface area contributed by atoms with Crippen LogP contribution in [0.5, 0.6) is 5.75 Å². The highest BCUT2D eigenvalue weighted by Gasteiger charge is 2.20. The van der Waals surface area contributed by atoms with Crippen LogP contribution in [-0.2, 0) is 6.42 Å². The van der Waals surface area contributed by atoms with Crippen LogP contribution in [0.4, 0.5) is 0 Å². The van der Waals surface area contributed by atoms with Gasteiger partial charge in [0.15, 0.2) is 0 Å². The van der Waals surface area contributed by atoms with Crippen molar-refractivity contribution in [2.45, 2.75) is 40.0 Å². The summed E-state index contributed by atoms with van der Waals surface area (Å²) in [5, 5.41) is 10.1. The van der Waals surface area contributed by atoms with E-state index in [0.717, 1.165) is 28.3 Å². The van der Waals surface area contributed by atoms with Crippen molar-refractivity contribution in [3.05, 3.63) is 28.3 Å². The molecule has 2 atom stereocenters. The maximum absolute atomic E-state index is 9.41. The minimum atomic E-state index is 0.0981. The third-order valence-electron chi connectivity index (χ3n) is 3.95. The number of hydrogen-bond donors (Lipinski definition) is 2. The Bertz CT molecular complexity index is 445. The zero-order chi connectivity index (χ0) is 16.0. The highest BCUT2D eigenvalue weighted by molar-refractivity contribution is 6.30. The van der Waals surface area contributed by atoms with Crippen molar-refractivity contribution in [1.29, 1.82) is 0 Å². The van der Waals surface area contributed by atoms with Gasteiger partial charge in [0.1, 0.15) is 5.75 Å². The second-order valence-electron chi connectivity index (χ2n) is 5.93. The van der Waals surface area contributed by atoms with Gasteiger partial charge in [-0.2, -0.15) is 0 Å². The average molecular weight is 314 g/mol. The van der Waals surface area contributed by atoms with Crippen molar-refractivity contribution < 1.29 is 9.84 Å². The number of ether oxygens (including phenoxy) is 1. The fraction of sp³-hybridized carbons (Fsp3) is 0.647. The molecule has 0 spiro atoms. The molecule has 2 unspecified atom stereocenters. The molecule has 0 heterocycles. The minimum Gasteiger partial charge on any atom is -0.493 e. The van der Waals surface area contributed by atoms with Crippen molar-refractivity contribution in [1.82, 2.24) is 0 Å². The molecule has 120 valence electrons. The molecule has 0 saturated carbocycles. The molecule has 0 aliphatic heterocycles. The predicted molar refractivity (Wildman–Crippen MR) is 89.2 cm³/mol. The largest absolute Gasteiger partial charge is 0.493 e. The Kier molecular flexibility index (Phi) is 7.50. The predicted octanol–water partition coefficient (Wildman–Crippen LogP) is 3.61. The Hall–Kier alpha value is -0.770. The molecule has 1 aromatic rings. The number of aliphatic hydroxyl groups excluding tert-OH is 1. The molecule has 0 aromatic heterocycles. The standard InChI is InChI=1S/C17H28ClNO2/c1-5-21-17-13(6-12(4)14(9-19)10-20)7-15(18)8-16(17)11(2)3/h7-8,11-12,14,20H,5-6,9-10,19H2,1-4H3. The number of hydrogen-bond acceptors (Lipinski definition) is 3. The molecule has 0 amide bonds. The lowest BCUT2D eigenvalue weighted by atomic mass is 9.87. The molecule has 0 aliphatic carbocycles. The number of halogens is 1. The van der Waals surface area contributed by atoms with Crippen LogP contribution in [-0.4, -0.2) is 24.9 Å². The van der Waals surface area contributed by atoms with Gasteiger partial charge in [-0.25, -0.2) is 0 Å². The van der Waals surface area contributed by atoms with Gasteiger partial charge in [-0.1, -0.05) is 32.4 Å². The summed E-state index contributed by atoms with van der Waals surface area (Å²) in [4.78, 5) is 0. The first-order valence-electron chi connectivity index (χ1n) is 7.70. The third-order valence-corrected chi connectivity index (χ3v) is 4.17. The van der Waals surface area contributed by atoms with Crippen LogP contribution in [0.15, 0.2) is 12.1 Å². The molecule has 0 aliphatic rings. The molecule has 0 radical (unpaired) electrons. The Morgan fingerprint density at radius 3 is 2.43 bits per heavy atom. The van der Waals surface area contributed by atoms with Crippen LogP contribution >= 0.6 is 11.6 Å². The van der Waals surface area contributed by atoms with Gasteiger partial charge >= 0.3 is 0 Å². The van der Waals surface area contributed by atoms with Gasteiger partial charge in [0.2, 0.25) is 0 Å². The van der Waals surface area contributed by atoms with E-state index in [1.54, 1.807) is 0 Å². The van der Waals surface area contributed by atoms with Crippen LogP contribution in [0.2, 0.25) is 5.02 Å². The first-order chi connectivity index (χ1) is 9.94. The quantitative estimate of drug-likeness (QED) is 0.771. The zero-order valence-corrected chi connectivity index (χ0v) is 14.3. The van der Waals surface area contributed by atoms with E-state index in [1.807, 2.05) is 19.1 Å². The van der Waals surface area contributed by atoms with Crippen molar-refractivity contribution >= 4 is 11.6 Å². The smallest absolute Gasteiger partial charge is 0.126 e. The molecule has 4 heteroatoms.